The smallest absolute Gasteiger partial charge is 0.146 e. The zero-order valence-corrected chi connectivity index (χ0v) is 8.27. The van der Waals surface area contributed by atoms with Crippen molar-refractivity contribution in [3.63, 3.8) is 0 Å². The molecule has 14 heavy (non-hydrogen) atoms. The van der Waals surface area contributed by atoms with Gasteiger partial charge in [0.05, 0.1) is 5.56 Å². The van der Waals surface area contributed by atoms with E-state index in [1.165, 1.54) is 19.3 Å². The van der Waals surface area contributed by atoms with Crippen LogP contribution in [0.4, 0.5) is 5.82 Å². The van der Waals surface area contributed by atoms with Crippen molar-refractivity contribution in [1.29, 1.82) is 5.26 Å². The van der Waals surface area contributed by atoms with Gasteiger partial charge in [-0.25, -0.2) is 4.98 Å². The summed E-state index contributed by atoms with van der Waals surface area (Å²) < 4.78 is 0. The van der Waals surface area contributed by atoms with E-state index in [1.807, 2.05) is 13.1 Å². The molecule has 0 amide bonds. The first kappa shape index (κ1) is 9.01. The summed E-state index contributed by atoms with van der Waals surface area (Å²) in [6, 6.07) is 6.38. The van der Waals surface area contributed by atoms with Crippen molar-refractivity contribution in [3.05, 3.63) is 23.9 Å². The lowest BCUT2D eigenvalue weighted by Crippen LogP contribution is -2.38. The third-order valence-corrected chi connectivity index (χ3v) is 2.86. The third kappa shape index (κ3) is 1.44. The average molecular weight is 187 g/mol. The van der Waals surface area contributed by atoms with Gasteiger partial charge in [0.2, 0.25) is 0 Å². The zero-order chi connectivity index (χ0) is 9.97. The van der Waals surface area contributed by atoms with Crippen LogP contribution in [0.25, 0.3) is 0 Å². The Morgan fingerprint density at radius 1 is 1.57 bits per heavy atom. The summed E-state index contributed by atoms with van der Waals surface area (Å²) in [5.41, 5.74) is 0.668. The molecule has 0 bridgehead atoms. The van der Waals surface area contributed by atoms with Crippen LogP contribution in [-0.2, 0) is 0 Å². The molecule has 0 spiro atoms. The quantitative estimate of drug-likeness (QED) is 0.710. The van der Waals surface area contributed by atoms with Crippen molar-refractivity contribution in [1.82, 2.24) is 4.98 Å². The van der Waals surface area contributed by atoms with Gasteiger partial charge in [0.1, 0.15) is 11.9 Å². The summed E-state index contributed by atoms with van der Waals surface area (Å²) in [5.74, 6) is 0.819. The number of nitrogens with zero attached hydrogens (tertiary/aromatic N) is 3. The van der Waals surface area contributed by atoms with E-state index in [-0.39, 0.29) is 0 Å². The summed E-state index contributed by atoms with van der Waals surface area (Å²) in [4.78, 5) is 6.38. The molecular weight excluding hydrogens is 174 g/mol. The Hall–Kier alpha value is -1.56. The van der Waals surface area contributed by atoms with E-state index in [1.54, 1.807) is 12.3 Å². The van der Waals surface area contributed by atoms with Crippen molar-refractivity contribution in [2.24, 2.45) is 0 Å². The van der Waals surface area contributed by atoms with E-state index < -0.39 is 0 Å². The van der Waals surface area contributed by atoms with Crippen molar-refractivity contribution < 1.29 is 0 Å². The van der Waals surface area contributed by atoms with Crippen LogP contribution in [0.1, 0.15) is 24.8 Å². The molecule has 0 unspecified atom stereocenters. The highest BCUT2D eigenvalue weighted by molar-refractivity contribution is 5.53. The van der Waals surface area contributed by atoms with Crippen molar-refractivity contribution in [3.8, 4) is 6.07 Å². The lowest BCUT2D eigenvalue weighted by atomic mass is 9.92. The molecule has 1 saturated carbocycles. The van der Waals surface area contributed by atoms with Crippen LogP contribution in [0.3, 0.4) is 0 Å². The maximum absolute atomic E-state index is 8.92. The van der Waals surface area contributed by atoms with Gasteiger partial charge < -0.3 is 4.90 Å². The van der Waals surface area contributed by atoms with Gasteiger partial charge in [0.15, 0.2) is 0 Å². The van der Waals surface area contributed by atoms with E-state index in [0.717, 1.165) is 5.82 Å². The maximum Gasteiger partial charge on any atom is 0.146 e. The molecule has 1 aliphatic carbocycles. The van der Waals surface area contributed by atoms with E-state index >= 15 is 0 Å². The van der Waals surface area contributed by atoms with E-state index in [9.17, 15) is 0 Å². The van der Waals surface area contributed by atoms with Crippen LogP contribution in [0.2, 0.25) is 0 Å². The van der Waals surface area contributed by atoms with Crippen molar-refractivity contribution in [2.45, 2.75) is 25.3 Å². The van der Waals surface area contributed by atoms with Gasteiger partial charge in [-0.15, -0.1) is 0 Å². The average Bonchev–Trinajstić information content (AvgIpc) is 2.15. The van der Waals surface area contributed by atoms with Crippen LogP contribution >= 0.6 is 0 Å². The fourth-order valence-electron chi connectivity index (χ4n) is 1.71. The van der Waals surface area contributed by atoms with E-state index in [0.29, 0.717) is 11.6 Å². The van der Waals surface area contributed by atoms with Gasteiger partial charge >= 0.3 is 0 Å². The molecule has 0 atom stereocenters. The number of nitriles is 1. The molecule has 1 heterocycles. The molecule has 0 N–H and O–H groups in total. The SMILES string of the molecule is CN(c1ncccc1C#N)C1CCC1. The van der Waals surface area contributed by atoms with Crippen molar-refractivity contribution >= 4 is 5.82 Å². The Kier molecular flexibility index (Phi) is 2.36. The summed E-state index contributed by atoms with van der Waals surface area (Å²) in [5, 5.41) is 8.92. The standard InChI is InChI=1S/C11H13N3/c1-14(10-5-2-6-10)11-9(8-12)4-3-7-13-11/h3-4,7,10H,2,5-6H2,1H3. The molecule has 3 heteroatoms. The topological polar surface area (TPSA) is 39.9 Å². The Bertz CT molecular complexity index is 363. The molecule has 0 radical (unpaired) electrons. The summed E-state index contributed by atoms with van der Waals surface area (Å²) >= 11 is 0. The Morgan fingerprint density at radius 2 is 2.36 bits per heavy atom. The minimum atomic E-state index is 0.581. The minimum absolute atomic E-state index is 0.581. The number of anilines is 1. The van der Waals surface area contributed by atoms with Crippen molar-refractivity contribution in [2.75, 3.05) is 11.9 Å². The number of hydrogen-bond donors (Lipinski definition) is 0. The normalized spacial score (nSPS) is 15.7. The summed E-state index contributed by atoms with van der Waals surface area (Å²) in [6.45, 7) is 0. The van der Waals surface area contributed by atoms with Gasteiger partial charge in [0, 0.05) is 19.3 Å². The first-order valence-electron chi connectivity index (χ1n) is 4.91. The first-order valence-corrected chi connectivity index (χ1v) is 4.91. The lowest BCUT2D eigenvalue weighted by molar-refractivity contribution is 0.399. The van der Waals surface area contributed by atoms with Gasteiger partial charge in [-0.3, -0.25) is 0 Å². The van der Waals surface area contributed by atoms with Crippen LogP contribution in [0, 0.1) is 11.3 Å². The predicted octanol–water partition coefficient (Wildman–Crippen LogP) is 1.94. The fourth-order valence-corrected chi connectivity index (χ4v) is 1.71. The van der Waals surface area contributed by atoms with Crippen LogP contribution < -0.4 is 4.90 Å². The molecule has 72 valence electrons. The molecule has 1 fully saturated rings. The second kappa shape index (κ2) is 3.67. The minimum Gasteiger partial charge on any atom is -0.356 e. The number of rotatable bonds is 2. The molecule has 0 saturated heterocycles. The molecule has 1 aromatic heterocycles. The Balaban J connectivity index is 2.26. The fraction of sp³-hybridized carbons (Fsp3) is 0.455. The summed E-state index contributed by atoms with van der Waals surface area (Å²) in [7, 11) is 2.02. The molecule has 2 rings (SSSR count). The highest BCUT2D eigenvalue weighted by Crippen LogP contribution is 2.28. The lowest BCUT2D eigenvalue weighted by Gasteiger charge is -2.35. The van der Waals surface area contributed by atoms with Gasteiger partial charge in [0.25, 0.3) is 0 Å². The van der Waals surface area contributed by atoms with Gasteiger partial charge in [-0.1, -0.05) is 0 Å². The summed E-state index contributed by atoms with van der Waals surface area (Å²) in [6.07, 6.45) is 5.48. The van der Waals surface area contributed by atoms with Gasteiger partial charge in [-0.05, 0) is 31.4 Å². The van der Waals surface area contributed by atoms with Gasteiger partial charge in [-0.2, -0.15) is 5.26 Å². The van der Waals surface area contributed by atoms with Crippen LogP contribution in [-0.4, -0.2) is 18.1 Å². The highest BCUT2D eigenvalue weighted by atomic mass is 15.2. The molecular formula is C11H13N3. The number of aromatic nitrogens is 1. The maximum atomic E-state index is 8.92. The Labute approximate surface area is 84.0 Å². The number of pyridine rings is 1. The molecule has 1 aliphatic rings. The highest BCUT2D eigenvalue weighted by Gasteiger charge is 2.24. The largest absolute Gasteiger partial charge is 0.356 e. The Morgan fingerprint density at radius 3 is 2.93 bits per heavy atom. The third-order valence-electron chi connectivity index (χ3n) is 2.86. The molecule has 0 aliphatic heterocycles. The van der Waals surface area contributed by atoms with Crippen LogP contribution in [0.5, 0.6) is 0 Å². The van der Waals surface area contributed by atoms with E-state index in [4.69, 9.17) is 5.26 Å². The van der Waals surface area contributed by atoms with Crippen LogP contribution in [0.15, 0.2) is 18.3 Å². The predicted molar refractivity (Wildman–Crippen MR) is 55.0 cm³/mol. The van der Waals surface area contributed by atoms with E-state index in [2.05, 4.69) is 16.0 Å². The molecule has 3 nitrogen and oxygen atoms in total. The second-order valence-electron chi connectivity index (χ2n) is 3.68. The molecule has 1 aromatic rings. The number of hydrogen-bond acceptors (Lipinski definition) is 3. The molecule has 0 aromatic carbocycles. The zero-order valence-electron chi connectivity index (χ0n) is 8.27. The monoisotopic (exact) mass is 187 g/mol. The second-order valence-corrected chi connectivity index (χ2v) is 3.68. The first-order chi connectivity index (χ1) is 6.83.